The molecule has 132 valence electrons. The summed E-state index contributed by atoms with van der Waals surface area (Å²) >= 11 is 0. The minimum Gasteiger partial charge on any atom is -0.486 e. The molecule has 0 bridgehead atoms. The van der Waals surface area contributed by atoms with E-state index in [1.54, 1.807) is 0 Å². The first kappa shape index (κ1) is 17.6. The van der Waals surface area contributed by atoms with Crippen LogP contribution in [0.25, 0.3) is 11.0 Å². The van der Waals surface area contributed by atoms with Crippen LogP contribution in [0.5, 0.6) is 11.5 Å². The average molecular weight is 360 g/mol. The summed E-state index contributed by atoms with van der Waals surface area (Å²) in [6, 6.07) is 16.0. The van der Waals surface area contributed by atoms with Gasteiger partial charge in [-0.05, 0) is 31.2 Å². The fourth-order valence-corrected chi connectivity index (χ4v) is 3.12. The van der Waals surface area contributed by atoms with Crippen LogP contribution in [0.2, 0.25) is 0 Å². The van der Waals surface area contributed by atoms with Crippen LogP contribution < -0.4 is 14.8 Å². The van der Waals surface area contributed by atoms with E-state index >= 15 is 0 Å². The molecule has 1 N–H and O–H groups in total. The van der Waals surface area contributed by atoms with E-state index in [1.165, 1.54) is 5.52 Å². The van der Waals surface area contributed by atoms with Gasteiger partial charge in [0.1, 0.15) is 18.5 Å². The molecule has 1 unspecified atom stereocenters. The highest BCUT2D eigenvalue weighted by molar-refractivity contribution is 5.85. The molecule has 1 atom stereocenters. The Morgan fingerprint density at radius 3 is 2.72 bits per heavy atom. The SMILES string of the molecule is CCn1c(CNCC2COc3ccccc3O2)nc2ccccc21.Cl. The van der Waals surface area contributed by atoms with Crippen molar-refractivity contribution in [3.8, 4) is 11.5 Å². The lowest BCUT2D eigenvalue weighted by atomic mass is 10.2. The fraction of sp³-hybridized carbons (Fsp3) is 0.316. The monoisotopic (exact) mass is 359 g/mol. The van der Waals surface area contributed by atoms with Crippen LogP contribution in [0, 0.1) is 0 Å². The van der Waals surface area contributed by atoms with Crippen LogP contribution in [0.4, 0.5) is 0 Å². The van der Waals surface area contributed by atoms with E-state index in [4.69, 9.17) is 14.5 Å². The van der Waals surface area contributed by atoms with Gasteiger partial charge in [-0.15, -0.1) is 12.4 Å². The third-order valence-corrected chi connectivity index (χ3v) is 4.27. The number of hydrogen-bond donors (Lipinski definition) is 1. The molecule has 0 saturated carbocycles. The largest absolute Gasteiger partial charge is 0.486 e. The van der Waals surface area contributed by atoms with Gasteiger partial charge in [0.15, 0.2) is 11.5 Å². The van der Waals surface area contributed by atoms with Crippen molar-refractivity contribution in [2.45, 2.75) is 26.1 Å². The summed E-state index contributed by atoms with van der Waals surface area (Å²) in [5.74, 6) is 2.69. The zero-order chi connectivity index (χ0) is 16.4. The van der Waals surface area contributed by atoms with Crippen molar-refractivity contribution in [3.63, 3.8) is 0 Å². The normalized spacial score (nSPS) is 15.8. The second-order valence-corrected chi connectivity index (χ2v) is 5.89. The standard InChI is InChI=1S/C19H21N3O2.ClH/c1-2-22-16-8-4-3-7-15(16)21-19(22)12-20-11-14-13-23-17-9-5-6-10-18(17)24-14;/h3-10,14,20H,2,11-13H2,1H3;1H. The molecule has 6 heteroatoms. The van der Waals surface area contributed by atoms with E-state index in [9.17, 15) is 0 Å². The Hall–Kier alpha value is -2.24. The van der Waals surface area contributed by atoms with E-state index in [2.05, 4.69) is 35.0 Å². The van der Waals surface area contributed by atoms with Crippen molar-refractivity contribution in [2.75, 3.05) is 13.2 Å². The predicted octanol–water partition coefficient (Wildman–Crippen LogP) is 3.41. The molecule has 1 aliphatic heterocycles. The first-order valence-corrected chi connectivity index (χ1v) is 8.38. The van der Waals surface area contributed by atoms with E-state index in [0.29, 0.717) is 13.2 Å². The maximum absolute atomic E-state index is 5.97. The highest BCUT2D eigenvalue weighted by Gasteiger charge is 2.20. The topological polar surface area (TPSA) is 48.3 Å². The Morgan fingerprint density at radius 1 is 1.12 bits per heavy atom. The maximum atomic E-state index is 5.97. The van der Waals surface area contributed by atoms with Crippen LogP contribution >= 0.6 is 12.4 Å². The Morgan fingerprint density at radius 2 is 1.88 bits per heavy atom. The van der Waals surface area contributed by atoms with E-state index in [0.717, 1.165) is 35.9 Å². The van der Waals surface area contributed by atoms with Crippen molar-refractivity contribution in [1.29, 1.82) is 0 Å². The third kappa shape index (κ3) is 3.57. The summed E-state index contributed by atoms with van der Waals surface area (Å²) < 4.78 is 14.0. The van der Waals surface area contributed by atoms with Crippen molar-refractivity contribution in [2.24, 2.45) is 0 Å². The number of aryl methyl sites for hydroxylation is 1. The molecule has 2 aromatic carbocycles. The minimum atomic E-state index is 0. The van der Waals surface area contributed by atoms with E-state index in [1.807, 2.05) is 30.3 Å². The first-order valence-electron chi connectivity index (χ1n) is 8.38. The number of nitrogens with one attached hydrogen (secondary N) is 1. The molecule has 0 amide bonds. The highest BCUT2D eigenvalue weighted by atomic mass is 35.5. The molecular weight excluding hydrogens is 338 g/mol. The summed E-state index contributed by atoms with van der Waals surface area (Å²) in [7, 11) is 0. The molecule has 0 saturated heterocycles. The molecule has 2 heterocycles. The number of imidazole rings is 1. The van der Waals surface area contributed by atoms with Crippen LogP contribution in [-0.2, 0) is 13.1 Å². The molecule has 0 aliphatic carbocycles. The van der Waals surface area contributed by atoms with Crippen molar-refractivity contribution in [1.82, 2.24) is 14.9 Å². The van der Waals surface area contributed by atoms with Gasteiger partial charge >= 0.3 is 0 Å². The number of benzene rings is 2. The number of aromatic nitrogens is 2. The summed E-state index contributed by atoms with van der Waals surface area (Å²) in [6.45, 7) is 5.06. The summed E-state index contributed by atoms with van der Waals surface area (Å²) in [4.78, 5) is 4.73. The van der Waals surface area contributed by atoms with Gasteiger partial charge in [0.25, 0.3) is 0 Å². The van der Waals surface area contributed by atoms with Gasteiger partial charge in [-0.3, -0.25) is 0 Å². The number of fused-ring (bicyclic) bond motifs is 2. The van der Waals surface area contributed by atoms with Gasteiger partial charge in [0.05, 0.1) is 17.6 Å². The molecule has 4 rings (SSSR count). The Kier molecular flexibility index (Phi) is 5.46. The van der Waals surface area contributed by atoms with E-state index < -0.39 is 0 Å². The zero-order valence-corrected chi connectivity index (χ0v) is 15.0. The molecule has 0 fully saturated rings. The fourth-order valence-electron chi connectivity index (χ4n) is 3.12. The molecular formula is C19H22ClN3O2. The smallest absolute Gasteiger partial charge is 0.161 e. The quantitative estimate of drug-likeness (QED) is 0.758. The maximum Gasteiger partial charge on any atom is 0.161 e. The summed E-state index contributed by atoms with van der Waals surface area (Å²) in [5.41, 5.74) is 2.23. The lowest BCUT2D eigenvalue weighted by molar-refractivity contribution is 0.0900. The average Bonchev–Trinajstić information content (AvgIpc) is 2.99. The number of nitrogens with zero attached hydrogens (tertiary/aromatic N) is 2. The molecule has 0 radical (unpaired) electrons. The summed E-state index contributed by atoms with van der Waals surface area (Å²) in [5, 5.41) is 3.45. The molecule has 5 nitrogen and oxygen atoms in total. The number of hydrogen-bond acceptors (Lipinski definition) is 4. The molecule has 1 aromatic heterocycles. The van der Waals surface area contributed by atoms with Gasteiger partial charge in [0.2, 0.25) is 0 Å². The number of para-hydroxylation sites is 4. The minimum absolute atomic E-state index is 0. The lowest BCUT2D eigenvalue weighted by Crippen LogP contribution is -2.38. The predicted molar refractivity (Wildman–Crippen MR) is 101 cm³/mol. The van der Waals surface area contributed by atoms with Gasteiger partial charge in [-0.1, -0.05) is 24.3 Å². The molecule has 25 heavy (non-hydrogen) atoms. The highest BCUT2D eigenvalue weighted by Crippen LogP contribution is 2.30. The molecule has 3 aromatic rings. The third-order valence-electron chi connectivity index (χ3n) is 4.27. The second kappa shape index (κ2) is 7.76. The number of halogens is 1. The first-order chi connectivity index (χ1) is 11.8. The molecule has 0 spiro atoms. The molecule has 1 aliphatic rings. The van der Waals surface area contributed by atoms with Gasteiger partial charge in [-0.25, -0.2) is 4.98 Å². The van der Waals surface area contributed by atoms with Crippen molar-refractivity contribution in [3.05, 3.63) is 54.4 Å². The Balaban J connectivity index is 0.00000182. The Labute approximate surface area is 153 Å². The second-order valence-electron chi connectivity index (χ2n) is 5.89. The van der Waals surface area contributed by atoms with Gasteiger partial charge < -0.3 is 19.4 Å². The Bertz CT molecular complexity index is 850. The van der Waals surface area contributed by atoms with Crippen LogP contribution in [0.1, 0.15) is 12.7 Å². The van der Waals surface area contributed by atoms with Crippen LogP contribution in [0.15, 0.2) is 48.5 Å². The van der Waals surface area contributed by atoms with Crippen molar-refractivity contribution >= 4 is 23.4 Å². The lowest BCUT2D eigenvalue weighted by Gasteiger charge is -2.26. The van der Waals surface area contributed by atoms with Crippen LogP contribution in [0.3, 0.4) is 0 Å². The van der Waals surface area contributed by atoms with E-state index in [-0.39, 0.29) is 18.5 Å². The number of rotatable bonds is 5. The number of ether oxygens (including phenoxy) is 2. The van der Waals surface area contributed by atoms with Crippen LogP contribution in [-0.4, -0.2) is 28.8 Å². The van der Waals surface area contributed by atoms with Gasteiger partial charge in [0, 0.05) is 13.1 Å². The summed E-state index contributed by atoms with van der Waals surface area (Å²) in [6.07, 6.45) is 0.0133. The van der Waals surface area contributed by atoms with Gasteiger partial charge in [-0.2, -0.15) is 0 Å². The zero-order valence-electron chi connectivity index (χ0n) is 14.1. The van der Waals surface area contributed by atoms with Crippen molar-refractivity contribution < 1.29 is 9.47 Å².